The monoisotopic (exact) mass is 339 g/mol. The van der Waals surface area contributed by atoms with Crippen LogP contribution in [0.25, 0.3) is 20.9 Å². The molecular weight excluding hydrogens is 314 g/mol. The van der Waals surface area contributed by atoms with E-state index in [1.54, 1.807) is 20.8 Å². The maximum Gasteiger partial charge on any atom is 0.326 e. The van der Waals surface area contributed by atoms with Crippen LogP contribution in [-0.2, 0) is 9.59 Å². The molecule has 10 heteroatoms. The predicted molar refractivity (Wildman–Crippen MR) is 89.1 cm³/mol. The molecule has 1 atom stereocenters. The minimum atomic E-state index is -1.06. The highest BCUT2D eigenvalue weighted by Crippen LogP contribution is 2.23. The van der Waals surface area contributed by atoms with E-state index in [1.165, 1.54) is 4.90 Å². The number of carbonyl (C=O) groups is 2. The lowest BCUT2D eigenvalue weighted by molar-refractivity contribution is -0.155. The second-order valence-corrected chi connectivity index (χ2v) is 6.30. The van der Waals surface area contributed by atoms with Crippen molar-refractivity contribution in [2.24, 2.45) is 10.2 Å². The molecule has 0 aromatic heterocycles. The van der Waals surface area contributed by atoms with E-state index in [4.69, 9.17) is 11.1 Å². The van der Waals surface area contributed by atoms with Gasteiger partial charge in [0, 0.05) is 34.9 Å². The Morgan fingerprint density at radius 3 is 2.08 bits per heavy atom. The van der Waals surface area contributed by atoms with E-state index in [2.05, 4.69) is 20.1 Å². The third-order valence-corrected chi connectivity index (χ3v) is 3.35. The lowest BCUT2D eigenvalue weighted by Crippen LogP contribution is -2.54. The first kappa shape index (κ1) is 21.6. The molecule has 1 amide bonds. The van der Waals surface area contributed by atoms with Crippen LogP contribution in [0.4, 0.5) is 0 Å². The van der Waals surface area contributed by atoms with Crippen LogP contribution in [0.3, 0.4) is 0 Å². The highest BCUT2D eigenvalue weighted by molar-refractivity contribution is 5.84. The largest absolute Gasteiger partial charge is 0.480 e. The number of amides is 1. The third-order valence-electron chi connectivity index (χ3n) is 3.35. The number of aliphatic carboxylic acids is 1. The van der Waals surface area contributed by atoms with Gasteiger partial charge in [-0.3, -0.25) is 4.79 Å². The molecule has 0 fully saturated rings. The van der Waals surface area contributed by atoms with Crippen molar-refractivity contribution >= 4 is 11.9 Å². The Labute approximate surface area is 141 Å². The number of carboxylic acids is 1. The van der Waals surface area contributed by atoms with Crippen LogP contribution in [0.1, 0.15) is 52.9 Å². The Bertz CT molecular complexity index is 517. The van der Waals surface area contributed by atoms with Crippen molar-refractivity contribution in [2.45, 2.75) is 64.5 Å². The summed E-state index contributed by atoms with van der Waals surface area (Å²) in [6.45, 7) is 5.86. The van der Waals surface area contributed by atoms with E-state index in [9.17, 15) is 14.7 Å². The second kappa shape index (κ2) is 11.2. The molecule has 0 radical (unpaired) electrons. The minimum Gasteiger partial charge on any atom is -0.480 e. The minimum absolute atomic E-state index is 0.124. The Balaban J connectivity index is 4.98. The summed E-state index contributed by atoms with van der Waals surface area (Å²) in [6.07, 6.45) is 1.89. The topological polar surface area (TPSA) is 155 Å². The van der Waals surface area contributed by atoms with Gasteiger partial charge in [-0.25, -0.2) is 4.79 Å². The molecule has 10 nitrogen and oxygen atoms in total. The van der Waals surface area contributed by atoms with Gasteiger partial charge >= 0.3 is 5.97 Å². The number of azide groups is 2. The molecule has 0 aliphatic heterocycles. The van der Waals surface area contributed by atoms with E-state index in [-0.39, 0.29) is 25.3 Å². The Morgan fingerprint density at radius 2 is 1.62 bits per heavy atom. The standard InChI is InChI=1S/C14H25N7O3/c1-14(2,3)21(12(22)8-6-10-18-20-16)11(13(23)24)7-4-5-9-17-19-15/h11H,4-10H2,1-3H3,(H,23,24). The summed E-state index contributed by atoms with van der Waals surface area (Å²) in [6, 6.07) is -0.942. The first-order valence-electron chi connectivity index (χ1n) is 7.82. The van der Waals surface area contributed by atoms with Gasteiger partial charge in [0.2, 0.25) is 5.91 Å². The number of hydrogen-bond donors (Lipinski definition) is 1. The molecule has 0 aromatic rings. The molecule has 0 spiro atoms. The summed E-state index contributed by atoms with van der Waals surface area (Å²) in [5.41, 5.74) is 15.8. The number of unbranched alkanes of at least 4 members (excludes halogenated alkanes) is 1. The SMILES string of the molecule is CC(C)(C)N(C(=O)CCCN=[N+]=[N-])C(CCCCN=[N+]=[N-])C(=O)O. The Hall–Kier alpha value is -2.44. The summed E-state index contributed by atoms with van der Waals surface area (Å²) in [5, 5.41) is 16.3. The highest BCUT2D eigenvalue weighted by Gasteiger charge is 2.36. The predicted octanol–water partition coefficient (Wildman–Crippen LogP) is 3.64. The van der Waals surface area contributed by atoms with Gasteiger partial charge in [-0.05, 0) is 51.1 Å². The van der Waals surface area contributed by atoms with E-state index in [1.807, 2.05) is 0 Å². The summed E-state index contributed by atoms with van der Waals surface area (Å²) in [5.74, 6) is -1.34. The van der Waals surface area contributed by atoms with Crippen LogP contribution in [-0.4, -0.2) is 46.6 Å². The van der Waals surface area contributed by atoms with Crippen LogP contribution in [0.2, 0.25) is 0 Å². The number of nitrogens with zero attached hydrogens (tertiary/aromatic N) is 7. The number of carbonyl (C=O) groups excluding carboxylic acids is 1. The first-order valence-corrected chi connectivity index (χ1v) is 7.82. The summed E-state index contributed by atoms with van der Waals surface area (Å²) in [7, 11) is 0. The van der Waals surface area contributed by atoms with Gasteiger partial charge in [-0.2, -0.15) is 0 Å². The molecule has 1 N–H and O–H groups in total. The van der Waals surface area contributed by atoms with Crippen molar-refractivity contribution in [1.29, 1.82) is 0 Å². The van der Waals surface area contributed by atoms with Crippen LogP contribution in [0.15, 0.2) is 10.2 Å². The van der Waals surface area contributed by atoms with Crippen molar-refractivity contribution in [1.82, 2.24) is 4.90 Å². The molecule has 0 saturated heterocycles. The molecule has 0 aliphatic carbocycles. The second-order valence-electron chi connectivity index (χ2n) is 6.30. The van der Waals surface area contributed by atoms with Crippen molar-refractivity contribution in [2.75, 3.05) is 13.1 Å². The van der Waals surface area contributed by atoms with Crippen molar-refractivity contribution in [3.63, 3.8) is 0 Å². The van der Waals surface area contributed by atoms with E-state index in [0.717, 1.165) is 0 Å². The van der Waals surface area contributed by atoms with Crippen LogP contribution >= 0.6 is 0 Å². The number of carboxylic acid groups (broad SMARTS) is 1. The van der Waals surface area contributed by atoms with E-state index < -0.39 is 17.6 Å². The van der Waals surface area contributed by atoms with Gasteiger partial charge in [0.15, 0.2) is 0 Å². The molecular formula is C14H25N7O3. The molecule has 134 valence electrons. The van der Waals surface area contributed by atoms with Gasteiger partial charge < -0.3 is 10.0 Å². The molecule has 0 heterocycles. The van der Waals surface area contributed by atoms with E-state index in [0.29, 0.717) is 25.8 Å². The van der Waals surface area contributed by atoms with Crippen molar-refractivity contribution < 1.29 is 14.7 Å². The molecule has 0 aliphatic rings. The lowest BCUT2D eigenvalue weighted by atomic mass is 9.98. The zero-order valence-electron chi connectivity index (χ0n) is 14.4. The van der Waals surface area contributed by atoms with Crippen molar-refractivity contribution in [3.05, 3.63) is 20.9 Å². The molecule has 0 rings (SSSR count). The average molecular weight is 339 g/mol. The normalized spacial score (nSPS) is 11.8. The van der Waals surface area contributed by atoms with Crippen molar-refractivity contribution in [3.8, 4) is 0 Å². The fourth-order valence-corrected chi connectivity index (χ4v) is 2.41. The molecule has 1 unspecified atom stereocenters. The maximum atomic E-state index is 12.5. The smallest absolute Gasteiger partial charge is 0.326 e. The fourth-order valence-electron chi connectivity index (χ4n) is 2.41. The zero-order valence-corrected chi connectivity index (χ0v) is 14.4. The molecule has 0 aromatic carbocycles. The quantitative estimate of drug-likeness (QED) is 0.264. The maximum absolute atomic E-state index is 12.5. The van der Waals surface area contributed by atoms with Gasteiger partial charge in [0.25, 0.3) is 0 Å². The molecule has 0 saturated carbocycles. The number of rotatable bonds is 11. The van der Waals surface area contributed by atoms with Crippen LogP contribution in [0.5, 0.6) is 0 Å². The Morgan fingerprint density at radius 1 is 1.08 bits per heavy atom. The summed E-state index contributed by atoms with van der Waals surface area (Å²) in [4.78, 5) is 30.8. The zero-order chi connectivity index (χ0) is 18.6. The molecule has 0 bridgehead atoms. The van der Waals surface area contributed by atoms with Crippen LogP contribution in [0, 0.1) is 0 Å². The first-order chi connectivity index (χ1) is 11.3. The third kappa shape index (κ3) is 8.26. The fraction of sp³-hybridized carbons (Fsp3) is 0.857. The molecule has 24 heavy (non-hydrogen) atoms. The highest BCUT2D eigenvalue weighted by atomic mass is 16.4. The van der Waals surface area contributed by atoms with E-state index >= 15 is 0 Å². The van der Waals surface area contributed by atoms with Crippen LogP contribution < -0.4 is 0 Å². The van der Waals surface area contributed by atoms with Gasteiger partial charge in [0.1, 0.15) is 6.04 Å². The van der Waals surface area contributed by atoms with Gasteiger partial charge in [0.05, 0.1) is 0 Å². The Kier molecular flexibility index (Phi) is 10.0. The number of hydrogen-bond acceptors (Lipinski definition) is 4. The summed E-state index contributed by atoms with van der Waals surface area (Å²) < 4.78 is 0. The van der Waals surface area contributed by atoms with Gasteiger partial charge in [-0.15, -0.1) is 0 Å². The summed E-state index contributed by atoms with van der Waals surface area (Å²) >= 11 is 0. The lowest BCUT2D eigenvalue weighted by Gasteiger charge is -2.40. The van der Waals surface area contributed by atoms with Gasteiger partial charge in [-0.1, -0.05) is 16.6 Å². The average Bonchev–Trinajstić information content (AvgIpc) is 2.48.